The highest BCUT2D eigenvalue weighted by Crippen LogP contribution is 2.23. The Bertz CT molecular complexity index is 872. The molecule has 0 spiro atoms. The summed E-state index contributed by atoms with van der Waals surface area (Å²) in [5, 5.41) is 2.89. The molecule has 0 saturated carbocycles. The molecule has 21 heavy (non-hydrogen) atoms. The minimum atomic E-state index is -0.884. The van der Waals surface area contributed by atoms with Crippen molar-refractivity contribution in [1.29, 1.82) is 0 Å². The molecule has 0 fully saturated rings. The van der Waals surface area contributed by atoms with Gasteiger partial charge in [0.2, 0.25) is 0 Å². The molecule has 108 valence electrons. The lowest BCUT2D eigenvalue weighted by Crippen LogP contribution is -2.15. The van der Waals surface area contributed by atoms with Gasteiger partial charge in [0.05, 0.1) is 5.69 Å². The van der Waals surface area contributed by atoms with E-state index in [1.807, 2.05) is 6.92 Å². The Morgan fingerprint density at radius 3 is 2.81 bits per heavy atom. The highest BCUT2D eigenvalue weighted by atomic mass is 32.2. The summed E-state index contributed by atoms with van der Waals surface area (Å²) in [7, 11) is 0. The van der Waals surface area contributed by atoms with E-state index in [0.29, 0.717) is 22.0 Å². The number of hydrogen-bond donors (Lipinski definition) is 1. The van der Waals surface area contributed by atoms with Gasteiger partial charge in [0.15, 0.2) is 17.3 Å². The lowest BCUT2D eigenvalue weighted by atomic mass is 10.3. The molecule has 0 bridgehead atoms. The Labute approximate surface area is 122 Å². The molecule has 1 N–H and O–H groups in total. The molecule has 0 saturated heterocycles. The van der Waals surface area contributed by atoms with Crippen molar-refractivity contribution in [1.82, 2.24) is 14.6 Å². The molecule has 0 radical (unpaired) electrons. The number of aromatic amines is 1. The third kappa shape index (κ3) is 2.82. The second-order valence-electron chi connectivity index (χ2n) is 4.58. The fourth-order valence-corrected chi connectivity index (χ4v) is 2.77. The molecule has 0 amide bonds. The van der Waals surface area contributed by atoms with Crippen molar-refractivity contribution in [3.8, 4) is 0 Å². The SMILES string of the molecule is Cc1cc2nc(CSc3ccc(F)c(F)c3)cc(=O)n2[nH]1. The van der Waals surface area contributed by atoms with Crippen LogP contribution in [0.3, 0.4) is 0 Å². The fourth-order valence-electron chi connectivity index (χ4n) is 1.96. The fraction of sp³-hybridized carbons (Fsp3) is 0.143. The van der Waals surface area contributed by atoms with Crippen LogP contribution in [0.5, 0.6) is 0 Å². The number of aromatic nitrogens is 3. The molecule has 0 aliphatic heterocycles. The maximum absolute atomic E-state index is 13.1. The van der Waals surface area contributed by atoms with Gasteiger partial charge >= 0.3 is 0 Å². The van der Waals surface area contributed by atoms with Crippen molar-refractivity contribution in [3.63, 3.8) is 0 Å². The van der Waals surface area contributed by atoms with Gasteiger partial charge in [0.1, 0.15) is 0 Å². The van der Waals surface area contributed by atoms with E-state index in [-0.39, 0.29) is 5.56 Å². The second-order valence-corrected chi connectivity index (χ2v) is 5.63. The van der Waals surface area contributed by atoms with Crippen LogP contribution < -0.4 is 5.56 Å². The number of nitrogens with one attached hydrogen (secondary N) is 1. The molecular formula is C14H11F2N3OS. The topological polar surface area (TPSA) is 50.2 Å². The van der Waals surface area contributed by atoms with Crippen LogP contribution in [0.4, 0.5) is 8.78 Å². The van der Waals surface area contributed by atoms with Crippen LogP contribution in [0.1, 0.15) is 11.4 Å². The van der Waals surface area contributed by atoms with E-state index in [1.165, 1.54) is 28.4 Å². The largest absolute Gasteiger partial charge is 0.294 e. The monoisotopic (exact) mass is 307 g/mol. The Morgan fingerprint density at radius 2 is 2.05 bits per heavy atom. The van der Waals surface area contributed by atoms with Crippen LogP contribution in [0.25, 0.3) is 5.65 Å². The Morgan fingerprint density at radius 1 is 1.24 bits per heavy atom. The summed E-state index contributed by atoms with van der Waals surface area (Å²) in [6, 6.07) is 6.91. The van der Waals surface area contributed by atoms with Gasteiger partial charge in [-0.05, 0) is 25.1 Å². The van der Waals surface area contributed by atoms with Crippen LogP contribution in [0.2, 0.25) is 0 Å². The summed E-state index contributed by atoms with van der Waals surface area (Å²) in [5.74, 6) is -1.36. The molecule has 0 atom stereocenters. The van der Waals surface area contributed by atoms with Crippen LogP contribution in [0.15, 0.2) is 40.0 Å². The zero-order valence-electron chi connectivity index (χ0n) is 11.1. The normalized spacial score (nSPS) is 11.2. The summed E-state index contributed by atoms with van der Waals surface area (Å²) in [5.41, 5.74) is 1.77. The lowest BCUT2D eigenvalue weighted by molar-refractivity contribution is 0.506. The number of fused-ring (bicyclic) bond motifs is 1. The molecule has 3 rings (SSSR count). The van der Waals surface area contributed by atoms with Crippen molar-refractivity contribution in [2.24, 2.45) is 0 Å². The van der Waals surface area contributed by atoms with E-state index in [0.717, 1.165) is 17.8 Å². The Kier molecular flexibility index (Phi) is 3.50. The van der Waals surface area contributed by atoms with E-state index in [2.05, 4.69) is 10.1 Å². The Balaban J connectivity index is 1.84. The summed E-state index contributed by atoms with van der Waals surface area (Å²) < 4.78 is 27.3. The predicted octanol–water partition coefficient (Wildman–Crippen LogP) is 2.90. The predicted molar refractivity (Wildman–Crippen MR) is 76.5 cm³/mol. The molecule has 2 aromatic heterocycles. The van der Waals surface area contributed by atoms with Crippen LogP contribution in [-0.4, -0.2) is 14.6 Å². The van der Waals surface area contributed by atoms with Gasteiger partial charge < -0.3 is 0 Å². The first-order valence-corrected chi connectivity index (χ1v) is 7.17. The maximum Gasteiger partial charge on any atom is 0.272 e. The Hall–Kier alpha value is -2.15. The van der Waals surface area contributed by atoms with Crippen LogP contribution in [-0.2, 0) is 5.75 Å². The van der Waals surface area contributed by atoms with Gasteiger partial charge in [0.25, 0.3) is 5.56 Å². The standard InChI is InChI=1S/C14H11F2N3OS/c1-8-4-13-17-9(5-14(20)19(13)18-8)7-21-10-2-3-11(15)12(16)6-10/h2-6,18H,7H2,1H3. The molecule has 2 heterocycles. The number of rotatable bonds is 3. The average molecular weight is 307 g/mol. The minimum Gasteiger partial charge on any atom is -0.294 e. The van der Waals surface area contributed by atoms with Crippen molar-refractivity contribution >= 4 is 17.4 Å². The molecular weight excluding hydrogens is 296 g/mol. The van der Waals surface area contributed by atoms with Crippen LogP contribution in [0, 0.1) is 18.6 Å². The summed E-state index contributed by atoms with van der Waals surface area (Å²) >= 11 is 1.29. The smallest absolute Gasteiger partial charge is 0.272 e. The first-order valence-electron chi connectivity index (χ1n) is 6.19. The molecule has 0 aliphatic carbocycles. The number of hydrogen-bond acceptors (Lipinski definition) is 3. The summed E-state index contributed by atoms with van der Waals surface area (Å²) in [6.07, 6.45) is 0. The minimum absolute atomic E-state index is 0.200. The van der Waals surface area contributed by atoms with Crippen molar-refractivity contribution < 1.29 is 8.78 Å². The highest BCUT2D eigenvalue weighted by molar-refractivity contribution is 7.98. The number of H-pyrrole nitrogens is 1. The van der Waals surface area contributed by atoms with Gasteiger partial charge in [-0.3, -0.25) is 9.89 Å². The summed E-state index contributed by atoms with van der Waals surface area (Å²) in [4.78, 5) is 16.8. The highest BCUT2D eigenvalue weighted by Gasteiger charge is 2.07. The molecule has 1 aromatic carbocycles. The van der Waals surface area contributed by atoms with Gasteiger partial charge in [-0.2, -0.15) is 0 Å². The number of halogens is 2. The number of benzene rings is 1. The van der Waals surface area contributed by atoms with Gasteiger partial charge in [0, 0.05) is 28.5 Å². The van der Waals surface area contributed by atoms with Crippen molar-refractivity contribution in [2.75, 3.05) is 0 Å². The summed E-state index contributed by atoms with van der Waals surface area (Å²) in [6.45, 7) is 1.84. The number of nitrogens with zero attached hydrogens (tertiary/aromatic N) is 2. The molecule has 0 aliphatic rings. The molecule has 7 heteroatoms. The molecule has 0 unspecified atom stereocenters. The lowest BCUT2D eigenvalue weighted by Gasteiger charge is -2.02. The first-order chi connectivity index (χ1) is 10.0. The third-order valence-corrected chi connectivity index (χ3v) is 3.94. The second kappa shape index (κ2) is 5.33. The number of aryl methyl sites for hydroxylation is 1. The van der Waals surface area contributed by atoms with Gasteiger partial charge in [-0.25, -0.2) is 18.3 Å². The van der Waals surface area contributed by atoms with E-state index >= 15 is 0 Å². The van der Waals surface area contributed by atoms with Crippen molar-refractivity contribution in [3.05, 3.63) is 63.7 Å². The quantitative estimate of drug-likeness (QED) is 0.757. The van der Waals surface area contributed by atoms with Gasteiger partial charge in [-0.15, -0.1) is 11.8 Å². The first kappa shape index (κ1) is 13.8. The van der Waals surface area contributed by atoms with E-state index in [1.54, 1.807) is 6.07 Å². The van der Waals surface area contributed by atoms with Gasteiger partial charge in [-0.1, -0.05) is 0 Å². The third-order valence-electron chi connectivity index (χ3n) is 2.91. The van der Waals surface area contributed by atoms with E-state index in [9.17, 15) is 13.6 Å². The van der Waals surface area contributed by atoms with Crippen molar-refractivity contribution in [2.45, 2.75) is 17.6 Å². The van der Waals surface area contributed by atoms with Crippen LogP contribution >= 0.6 is 11.8 Å². The zero-order chi connectivity index (χ0) is 15.0. The molecule has 4 nitrogen and oxygen atoms in total. The zero-order valence-corrected chi connectivity index (χ0v) is 11.9. The average Bonchev–Trinajstić information content (AvgIpc) is 2.81. The molecule has 3 aromatic rings. The van der Waals surface area contributed by atoms with E-state index < -0.39 is 11.6 Å². The maximum atomic E-state index is 13.1. The van der Waals surface area contributed by atoms with E-state index in [4.69, 9.17) is 0 Å². The number of thioether (sulfide) groups is 1.